The minimum atomic E-state index is 0.0108. The number of hydrogen-bond donors (Lipinski definition) is 2. The van der Waals surface area contributed by atoms with E-state index in [1.54, 1.807) is 18.2 Å². The SMILES string of the molecule is Nc1cc(Br)cc(C(=O)N2CCN(CCO)CC2)c1. The molecule has 0 aromatic heterocycles. The molecular formula is C13H18BrN3O2. The molecule has 1 aliphatic heterocycles. The van der Waals surface area contributed by atoms with Gasteiger partial charge >= 0.3 is 0 Å². The number of hydrogen-bond acceptors (Lipinski definition) is 4. The third-order valence-corrected chi connectivity index (χ3v) is 3.70. The van der Waals surface area contributed by atoms with Gasteiger partial charge in [0.1, 0.15) is 0 Å². The molecule has 0 spiro atoms. The molecule has 1 fully saturated rings. The molecular weight excluding hydrogens is 310 g/mol. The molecule has 1 aromatic carbocycles. The fourth-order valence-corrected chi connectivity index (χ4v) is 2.75. The number of nitrogens with two attached hydrogens (primary N) is 1. The first kappa shape index (κ1) is 14.3. The van der Waals surface area contributed by atoms with Crippen LogP contribution in [0.1, 0.15) is 10.4 Å². The minimum absolute atomic E-state index is 0.0108. The van der Waals surface area contributed by atoms with E-state index in [9.17, 15) is 4.79 Å². The molecule has 3 N–H and O–H groups in total. The molecule has 19 heavy (non-hydrogen) atoms. The summed E-state index contributed by atoms with van der Waals surface area (Å²) in [5.74, 6) is 0.0108. The highest BCUT2D eigenvalue weighted by Crippen LogP contribution is 2.19. The molecule has 0 atom stereocenters. The van der Waals surface area contributed by atoms with E-state index in [-0.39, 0.29) is 12.5 Å². The number of carbonyl (C=O) groups is 1. The first-order valence-electron chi connectivity index (χ1n) is 6.28. The van der Waals surface area contributed by atoms with Gasteiger partial charge < -0.3 is 15.7 Å². The molecule has 1 aliphatic rings. The maximum atomic E-state index is 12.4. The summed E-state index contributed by atoms with van der Waals surface area (Å²) in [5.41, 5.74) is 6.95. The van der Waals surface area contributed by atoms with Crippen molar-refractivity contribution in [2.24, 2.45) is 0 Å². The number of amides is 1. The Morgan fingerprint density at radius 3 is 2.53 bits per heavy atom. The largest absolute Gasteiger partial charge is 0.399 e. The van der Waals surface area contributed by atoms with Gasteiger partial charge in [-0.15, -0.1) is 0 Å². The molecule has 0 aliphatic carbocycles. The third kappa shape index (κ3) is 3.68. The van der Waals surface area contributed by atoms with Crippen molar-refractivity contribution in [3.63, 3.8) is 0 Å². The van der Waals surface area contributed by atoms with Crippen LogP contribution in [0, 0.1) is 0 Å². The highest BCUT2D eigenvalue weighted by atomic mass is 79.9. The molecule has 0 saturated carbocycles. The molecule has 2 rings (SSSR count). The summed E-state index contributed by atoms with van der Waals surface area (Å²) in [6.45, 7) is 3.81. The van der Waals surface area contributed by atoms with E-state index in [2.05, 4.69) is 20.8 Å². The number of β-amino-alcohol motifs (C(OH)–C–C–N with tert-alkyl or cyclic N) is 1. The van der Waals surface area contributed by atoms with Crippen molar-refractivity contribution in [2.45, 2.75) is 0 Å². The number of benzene rings is 1. The minimum Gasteiger partial charge on any atom is -0.399 e. The summed E-state index contributed by atoms with van der Waals surface area (Å²) in [7, 11) is 0. The second-order valence-corrected chi connectivity index (χ2v) is 5.55. The smallest absolute Gasteiger partial charge is 0.254 e. The number of nitrogen functional groups attached to an aromatic ring is 1. The predicted octanol–water partition coefficient (Wildman–Crippen LogP) is 0.781. The zero-order chi connectivity index (χ0) is 13.8. The van der Waals surface area contributed by atoms with Gasteiger partial charge in [0, 0.05) is 48.4 Å². The Morgan fingerprint density at radius 2 is 1.95 bits per heavy atom. The van der Waals surface area contributed by atoms with Crippen LogP contribution < -0.4 is 5.73 Å². The lowest BCUT2D eigenvalue weighted by atomic mass is 10.1. The topological polar surface area (TPSA) is 69.8 Å². The lowest BCUT2D eigenvalue weighted by Crippen LogP contribution is -2.49. The number of aliphatic hydroxyl groups excluding tert-OH is 1. The second-order valence-electron chi connectivity index (χ2n) is 4.63. The fourth-order valence-electron chi connectivity index (χ4n) is 2.23. The number of rotatable bonds is 3. The molecule has 0 bridgehead atoms. The van der Waals surface area contributed by atoms with Crippen molar-refractivity contribution < 1.29 is 9.90 Å². The van der Waals surface area contributed by atoms with Crippen LogP contribution in [0.25, 0.3) is 0 Å². The molecule has 5 nitrogen and oxygen atoms in total. The van der Waals surface area contributed by atoms with Crippen molar-refractivity contribution in [3.05, 3.63) is 28.2 Å². The van der Waals surface area contributed by atoms with Crippen LogP contribution in [0.5, 0.6) is 0 Å². The first-order chi connectivity index (χ1) is 9.10. The van der Waals surface area contributed by atoms with Gasteiger partial charge in [0.15, 0.2) is 0 Å². The molecule has 104 valence electrons. The Kier molecular flexibility index (Phi) is 4.79. The first-order valence-corrected chi connectivity index (χ1v) is 7.08. The Labute approximate surface area is 121 Å². The van der Waals surface area contributed by atoms with Crippen molar-refractivity contribution >= 4 is 27.5 Å². The van der Waals surface area contributed by atoms with E-state index in [0.29, 0.717) is 30.9 Å². The van der Waals surface area contributed by atoms with Crippen molar-refractivity contribution in [2.75, 3.05) is 45.1 Å². The van der Waals surface area contributed by atoms with Crippen molar-refractivity contribution in [1.29, 1.82) is 0 Å². The van der Waals surface area contributed by atoms with Crippen LogP contribution in [0.3, 0.4) is 0 Å². The molecule has 1 amide bonds. The van der Waals surface area contributed by atoms with Crippen molar-refractivity contribution in [1.82, 2.24) is 9.80 Å². The third-order valence-electron chi connectivity index (χ3n) is 3.24. The maximum absolute atomic E-state index is 12.4. The summed E-state index contributed by atoms with van der Waals surface area (Å²) >= 11 is 3.35. The van der Waals surface area contributed by atoms with Gasteiger partial charge in [-0.05, 0) is 18.2 Å². The Hall–Kier alpha value is -1.11. The number of nitrogens with zero attached hydrogens (tertiary/aromatic N) is 2. The number of carbonyl (C=O) groups excluding carboxylic acids is 1. The summed E-state index contributed by atoms with van der Waals surface area (Å²) in [6.07, 6.45) is 0. The van der Waals surface area contributed by atoms with Gasteiger partial charge in [0.05, 0.1) is 6.61 Å². The lowest BCUT2D eigenvalue weighted by molar-refractivity contribution is 0.0615. The van der Waals surface area contributed by atoms with Gasteiger partial charge in [0.2, 0.25) is 0 Å². The summed E-state index contributed by atoms with van der Waals surface area (Å²) < 4.78 is 0.815. The van der Waals surface area contributed by atoms with Gasteiger partial charge in [-0.2, -0.15) is 0 Å². The number of piperazine rings is 1. The quantitative estimate of drug-likeness (QED) is 0.805. The average Bonchev–Trinajstić information content (AvgIpc) is 2.38. The normalized spacial score (nSPS) is 16.6. The van der Waals surface area contributed by atoms with E-state index < -0.39 is 0 Å². The van der Waals surface area contributed by atoms with Crippen LogP contribution in [-0.2, 0) is 0 Å². The Morgan fingerprint density at radius 1 is 1.26 bits per heavy atom. The molecule has 6 heteroatoms. The zero-order valence-electron chi connectivity index (χ0n) is 10.7. The summed E-state index contributed by atoms with van der Waals surface area (Å²) in [4.78, 5) is 16.3. The highest BCUT2D eigenvalue weighted by molar-refractivity contribution is 9.10. The number of halogens is 1. The van der Waals surface area contributed by atoms with E-state index in [1.165, 1.54) is 0 Å². The second kappa shape index (κ2) is 6.36. The van der Waals surface area contributed by atoms with E-state index in [4.69, 9.17) is 10.8 Å². The van der Waals surface area contributed by atoms with Crippen LogP contribution >= 0.6 is 15.9 Å². The standard InChI is InChI=1S/C13H18BrN3O2/c14-11-7-10(8-12(15)9-11)13(19)17-3-1-16(2-4-17)5-6-18/h7-9,18H,1-6,15H2. The van der Waals surface area contributed by atoms with Crippen LogP contribution in [0.4, 0.5) is 5.69 Å². The molecule has 1 aromatic rings. The average molecular weight is 328 g/mol. The molecule has 1 heterocycles. The Balaban J connectivity index is 2.01. The van der Waals surface area contributed by atoms with E-state index in [0.717, 1.165) is 17.6 Å². The van der Waals surface area contributed by atoms with E-state index in [1.807, 2.05) is 4.90 Å². The predicted molar refractivity (Wildman–Crippen MR) is 78.0 cm³/mol. The van der Waals surface area contributed by atoms with E-state index >= 15 is 0 Å². The van der Waals surface area contributed by atoms with Crippen LogP contribution in [0.2, 0.25) is 0 Å². The maximum Gasteiger partial charge on any atom is 0.254 e. The number of aliphatic hydroxyl groups is 1. The monoisotopic (exact) mass is 327 g/mol. The van der Waals surface area contributed by atoms with Gasteiger partial charge in [-0.25, -0.2) is 0 Å². The Bertz CT molecular complexity index is 439. The zero-order valence-corrected chi connectivity index (χ0v) is 12.3. The van der Waals surface area contributed by atoms with Crippen LogP contribution in [-0.4, -0.2) is 60.1 Å². The highest BCUT2D eigenvalue weighted by Gasteiger charge is 2.22. The van der Waals surface area contributed by atoms with Crippen molar-refractivity contribution in [3.8, 4) is 0 Å². The molecule has 1 saturated heterocycles. The van der Waals surface area contributed by atoms with Gasteiger partial charge in [0.25, 0.3) is 5.91 Å². The van der Waals surface area contributed by atoms with Gasteiger partial charge in [-0.3, -0.25) is 9.69 Å². The van der Waals surface area contributed by atoms with Gasteiger partial charge in [-0.1, -0.05) is 15.9 Å². The molecule has 0 radical (unpaired) electrons. The molecule has 0 unspecified atom stereocenters. The lowest BCUT2D eigenvalue weighted by Gasteiger charge is -2.34. The summed E-state index contributed by atoms with van der Waals surface area (Å²) in [6, 6.07) is 5.27. The summed E-state index contributed by atoms with van der Waals surface area (Å²) in [5, 5.41) is 8.89. The number of anilines is 1. The fraction of sp³-hybridized carbons (Fsp3) is 0.462. The van der Waals surface area contributed by atoms with Crippen LogP contribution in [0.15, 0.2) is 22.7 Å².